The fraction of sp³-hybridized carbons (Fsp3) is 0. The van der Waals surface area contributed by atoms with Crippen LogP contribution in [0.4, 0.5) is 0 Å². The van der Waals surface area contributed by atoms with Gasteiger partial charge in [0.1, 0.15) is 0 Å². The van der Waals surface area contributed by atoms with Crippen molar-refractivity contribution in [1.82, 2.24) is 0 Å². The molecule has 3 aromatic rings. The second kappa shape index (κ2) is 7.00. The molecule has 0 unspecified atom stereocenters. The van der Waals surface area contributed by atoms with E-state index in [4.69, 9.17) is 0 Å². The van der Waals surface area contributed by atoms with E-state index in [1.807, 2.05) is 0 Å². The number of aldehydes is 2. The summed E-state index contributed by atoms with van der Waals surface area (Å²) < 4.78 is 0. The molecular weight excluding hydrogens is 248 g/mol. The fourth-order valence-corrected chi connectivity index (χ4v) is 1.86. The highest BCUT2D eigenvalue weighted by molar-refractivity contribution is 5.90. The zero-order valence-electron chi connectivity index (χ0n) is 10.9. The monoisotopic (exact) mass is 262 g/mol. The van der Waals surface area contributed by atoms with E-state index < -0.39 is 0 Å². The van der Waals surface area contributed by atoms with E-state index in [0.29, 0.717) is 23.7 Å². The minimum atomic E-state index is 0.442. The summed E-state index contributed by atoms with van der Waals surface area (Å²) >= 11 is 0. The zero-order valence-corrected chi connectivity index (χ0v) is 10.9. The summed E-state index contributed by atoms with van der Waals surface area (Å²) in [6.07, 6.45) is 1.34. The molecule has 0 radical (unpaired) electrons. The fourth-order valence-electron chi connectivity index (χ4n) is 1.86. The quantitative estimate of drug-likeness (QED) is 0.650. The highest BCUT2D eigenvalue weighted by Gasteiger charge is 1.95. The van der Waals surface area contributed by atoms with Gasteiger partial charge in [-0.05, 0) is 10.8 Å². The van der Waals surface area contributed by atoms with Crippen molar-refractivity contribution in [3.05, 3.63) is 83.9 Å². The van der Waals surface area contributed by atoms with Crippen LogP contribution in [0, 0.1) is 0 Å². The van der Waals surface area contributed by atoms with Gasteiger partial charge in [0.05, 0.1) is 0 Å². The minimum absolute atomic E-state index is 0.442. The first kappa shape index (κ1) is 13.7. The van der Waals surface area contributed by atoms with E-state index in [1.54, 1.807) is 24.3 Å². The number of carbonyl (C=O) groups is 2. The molecule has 3 rings (SSSR count). The Morgan fingerprint density at radius 2 is 0.800 bits per heavy atom. The maximum Gasteiger partial charge on any atom is 0.150 e. The van der Waals surface area contributed by atoms with Crippen LogP contribution >= 0.6 is 0 Å². The van der Waals surface area contributed by atoms with E-state index in [9.17, 15) is 9.59 Å². The Morgan fingerprint density at radius 1 is 0.500 bits per heavy atom. The Bertz CT molecular complexity index is 625. The Labute approximate surface area is 117 Å². The lowest BCUT2D eigenvalue weighted by Crippen LogP contribution is -1.87. The van der Waals surface area contributed by atoms with Gasteiger partial charge in [-0.15, -0.1) is 0 Å². The third kappa shape index (κ3) is 3.39. The summed E-state index contributed by atoms with van der Waals surface area (Å²) in [7, 11) is 0. The minimum Gasteiger partial charge on any atom is -0.298 e. The van der Waals surface area contributed by atoms with Crippen LogP contribution in [-0.4, -0.2) is 12.6 Å². The smallest absolute Gasteiger partial charge is 0.150 e. The number of rotatable bonds is 2. The number of hydrogen-bond acceptors (Lipinski definition) is 2. The Kier molecular flexibility index (Phi) is 4.79. The zero-order chi connectivity index (χ0) is 14.2. The summed E-state index contributed by atoms with van der Waals surface area (Å²) in [6.45, 7) is 0. The van der Waals surface area contributed by atoms with Crippen LogP contribution in [0.2, 0.25) is 0 Å². The topological polar surface area (TPSA) is 34.1 Å². The molecule has 2 nitrogen and oxygen atoms in total. The molecule has 0 atom stereocenters. The normalized spacial score (nSPS) is 9.40. The van der Waals surface area contributed by atoms with Crippen molar-refractivity contribution in [3.8, 4) is 0 Å². The van der Waals surface area contributed by atoms with Crippen molar-refractivity contribution in [2.45, 2.75) is 0 Å². The number of benzene rings is 3. The molecular formula is C18H14O2. The summed E-state index contributed by atoms with van der Waals surface area (Å²) in [4.78, 5) is 20.5. The first-order chi connectivity index (χ1) is 9.85. The van der Waals surface area contributed by atoms with Crippen LogP contribution < -0.4 is 0 Å². The number of hydrogen-bond donors (Lipinski definition) is 0. The van der Waals surface area contributed by atoms with E-state index in [0.717, 1.165) is 0 Å². The van der Waals surface area contributed by atoms with Crippen molar-refractivity contribution < 1.29 is 9.59 Å². The highest BCUT2D eigenvalue weighted by Crippen LogP contribution is 2.11. The Morgan fingerprint density at radius 3 is 1.10 bits per heavy atom. The van der Waals surface area contributed by atoms with E-state index in [1.165, 1.54) is 10.8 Å². The van der Waals surface area contributed by atoms with E-state index >= 15 is 0 Å². The molecule has 3 aromatic carbocycles. The van der Waals surface area contributed by atoms with Crippen LogP contribution in [0.5, 0.6) is 0 Å². The lowest BCUT2D eigenvalue weighted by molar-refractivity contribution is 0.109. The summed E-state index contributed by atoms with van der Waals surface area (Å²) in [6, 6.07) is 23.4. The maximum atomic E-state index is 10.2. The lowest BCUT2D eigenvalue weighted by atomic mass is 10.1. The molecule has 98 valence electrons. The third-order valence-corrected chi connectivity index (χ3v) is 2.91. The molecule has 2 heteroatoms. The predicted octanol–water partition coefficient (Wildman–Crippen LogP) is 4.15. The van der Waals surface area contributed by atoms with Crippen molar-refractivity contribution in [1.29, 1.82) is 0 Å². The van der Waals surface area contributed by atoms with Crippen LogP contribution in [0.3, 0.4) is 0 Å². The molecule has 0 N–H and O–H groups in total. The van der Waals surface area contributed by atoms with Gasteiger partial charge in [-0.1, -0.05) is 72.8 Å². The first-order valence-corrected chi connectivity index (χ1v) is 6.28. The lowest BCUT2D eigenvalue weighted by Gasteiger charge is -1.92. The molecule has 0 aliphatic rings. The molecule has 0 aromatic heterocycles. The Hall–Kier alpha value is -2.74. The van der Waals surface area contributed by atoms with Crippen molar-refractivity contribution in [2.75, 3.05) is 0 Å². The van der Waals surface area contributed by atoms with Gasteiger partial charge >= 0.3 is 0 Å². The molecule has 0 aliphatic carbocycles. The highest BCUT2D eigenvalue weighted by atomic mass is 16.1. The summed E-state index contributed by atoms with van der Waals surface area (Å²) in [5.74, 6) is 0. The van der Waals surface area contributed by atoms with Crippen molar-refractivity contribution in [2.24, 2.45) is 0 Å². The van der Waals surface area contributed by atoms with E-state index in [2.05, 4.69) is 48.5 Å². The maximum absolute atomic E-state index is 10.2. The molecule has 0 amide bonds. The second-order valence-corrected chi connectivity index (χ2v) is 4.21. The van der Waals surface area contributed by atoms with Crippen LogP contribution in [-0.2, 0) is 0 Å². The summed E-state index contributed by atoms with van der Waals surface area (Å²) in [5.41, 5.74) is 0.884. The molecule has 0 bridgehead atoms. The molecule has 0 spiro atoms. The van der Waals surface area contributed by atoms with E-state index in [-0.39, 0.29) is 0 Å². The van der Waals surface area contributed by atoms with Crippen LogP contribution in [0.1, 0.15) is 20.7 Å². The van der Waals surface area contributed by atoms with Gasteiger partial charge in [0.2, 0.25) is 0 Å². The molecule has 0 heterocycles. The van der Waals surface area contributed by atoms with Gasteiger partial charge in [-0.25, -0.2) is 0 Å². The molecule has 0 aliphatic heterocycles. The standard InChI is InChI=1S/C10H8.C8H6O2/c1-2-6-10-8-4-3-7-9(10)5-1;9-5-7-3-1-2-4-8(7)6-10/h1-8H;1-6H. The second-order valence-electron chi connectivity index (χ2n) is 4.21. The third-order valence-electron chi connectivity index (χ3n) is 2.91. The van der Waals surface area contributed by atoms with Crippen LogP contribution in [0.15, 0.2) is 72.8 Å². The SMILES string of the molecule is O=Cc1ccccc1C=O.c1ccc2ccccc2c1. The van der Waals surface area contributed by atoms with Gasteiger partial charge in [-0.3, -0.25) is 9.59 Å². The Balaban J connectivity index is 0.000000147. The van der Waals surface area contributed by atoms with Gasteiger partial charge in [0, 0.05) is 11.1 Å². The van der Waals surface area contributed by atoms with Gasteiger partial charge in [0.15, 0.2) is 12.6 Å². The molecule has 0 saturated carbocycles. The predicted molar refractivity (Wildman–Crippen MR) is 81.2 cm³/mol. The van der Waals surface area contributed by atoms with Gasteiger partial charge < -0.3 is 0 Å². The number of carbonyl (C=O) groups excluding carboxylic acids is 2. The van der Waals surface area contributed by atoms with Crippen molar-refractivity contribution in [3.63, 3.8) is 0 Å². The summed E-state index contributed by atoms with van der Waals surface area (Å²) in [5, 5.41) is 2.62. The average Bonchev–Trinajstić information content (AvgIpc) is 2.55. The number of fused-ring (bicyclic) bond motifs is 1. The average molecular weight is 262 g/mol. The molecule has 0 fully saturated rings. The van der Waals surface area contributed by atoms with Crippen molar-refractivity contribution >= 4 is 23.3 Å². The largest absolute Gasteiger partial charge is 0.298 e. The first-order valence-electron chi connectivity index (χ1n) is 6.28. The van der Waals surface area contributed by atoms with Gasteiger partial charge in [0.25, 0.3) is 0 Å². The van der Waals surface area contributed by atoms with Gasteiger partial charge in [-0.2, -0.15) is 0 Å². The molecule has 20 heavy (non-hydrogen) atoms. The van der Waals surface area contributed by atoms with Crippen LogP contribution in [0.25, 0.3) is 10.8 Å². The molecule has 0 saturated heterocycles.